The summed E-state index contributed by atoms with van der Waals surface area (Å²) in [5.41, 5.74) is 1.00. The predicted molar refractivity (Wildman–Crippen MR) is 69.6 cm³/mol. The van der Waals surface area contributed by atoms with Gasteiger partial charge in [-0.2, -0.15) is 0 Å². The lowest BCUT2D eigenvalue weighted by molar-refractivity contribution is -0.137. The van der Waals surface area contributed by atoms with E-state index in [4.69, 9.17) is 5.11 Å². The first-order valence-electron chi connectivity index (χ1n) is 5.92. The van der Waals surface area contributed by atoms with Crippen LogP contribution in [0.5, 0.6) is 0 Å². The summed E-state index contributed by atoms with van der Waals surface area (Å²) in [6.07, 6.45) is 0.445. The van der Waals surface area contributed by atoms with Gasteiger partial charge in [-0.15, -0.1) is 0 Å². The molecule has 0 heterocycles. The van der Waals surface area contributed by atoms with Crippen molar-refractivity contribution in [1.82, 2.24) is 5.32 Å². The molecule has 18 heavy (non-hydrogen) atoms. The van der Waals surface area contributed by atoms with Gasteiger partial charge in [0, 0.05) is 17.5 Å². The number of carbonyl (C=O) groups excluding carboxylic acids is 1. The third-order valence-corrected chi connectivity index (χ3v) is 2.81. The second-order valence-electron chi connectivity index (χ2n) is 5.05. The molecule has 0 aliphatic carbocycles. The Balaban J connectivity index is 2.69. The number of carbonyl (C=O) groups is 2. The molecule has 0 fully saturated rings. The Kier molecular flexibility index (Phi) is 4.48. The minimum atomic E-state index is -0.854. The van der Waals surface area contributed by atoms with Crippen molar-refractivity contribution in [2.75, 3.05) is 0 Å². The fourth-order valence-corrected chi connectivity index (χ4v) is 1.68. The highest BCUT2D eigenvalue weighted by molar-refractivity contribution is 5.96. The standard InChI is InChI=1S/C14H19NO3/c1-10-6-4-5-7-11(10)13(18)15-14(2,3)9-8-12(16)17/h4-7H,8-9H2,1-3H3,(H,15,18)(H,16,17). The van der Waals surface area contributed by atoms with Crippen LogP contribution in [-0.2, 0) is 4.79 Å². The van der Waals surface area contributed by atoms with Gasteiger partial charge < -0.3 is 10.4 Å². The summed E-state index contributed by atoms with van der Waals surface area (Å²) in [4.78, 5) is 22.6. The van der Waals surface area contributed by atoms with Gasteiger partial charge in [-0.25, -0.2) is 0 Å². The third kappa shape index (κ3) is 4.20. The smallest absolute Gasteiger partial charge is 0.303 e. The average Bonchev–Trinajstić information content (AvgIpc) is 2.26. The Labute approximate surface area is 107 Å². The first kappa shape index (κ1) is 14.2. The fraction of sp³-hybridized carbons (Fsp3) is 0.429. The lowest BCUT2D eigenvalue weighted by atomic mass is 9.97. The Bertz CT molecular complexity index is 452. The minimum Gasteiger partial charge on any atom is -0.481 e. The SMILES string of the molecule is Cc1ccccc1C(=O)NC(C)(C)CCC(=O)O. The summed E-state index contributed by atoms with van der Waals surface area (Å²) in [6, 6.07) is 7.32. The monoisotopic (exact) mass is 249 g/mol. The molecule has 0 spiro atoms. The molecular formula is C14H19NO3. The molecule has 4 nitrogen and oxygen atoms in total. The van der Waals surface area contributed by atoms with Crippen molar-refractivity contribution in [3.63, 3.8) is 0 Å². The zero-order valence-electron chi connectivity index (χ0n) is 11.0. The predicted octanol–water partition coefficient (Wildman–Crippen LogP) is 2.37. The van der Waals surface area contributed by atoms with Crippen LogP contribution in [0.1, 0.15) is 42.6 Å². The maximum absolute atomic E-state index is 12.1. The van der Waals surface area contributed by atoms with Crippen LogP contribution >= 0.6 is 0 Å². The van der Waals surface area contributed by atoms with E-state index in [1.54, 1.807) is 6.07 Å². The molecule has 98 valence electrons. The Hall–Kier alpha value is -1.84. The number of hydrogen-bond donors (Lipinski definition) is 2. The summed E-state index contributed by atoms with van der Waals surface area (Å²) in [5.74, 6) is -1.02. The lowest BCUT2D eigenvalue weighted by Gasteiger charge is -2.26. The van der Waals surface area contributed by atoms with Crippen molar-refractivity contribution in [2.45, 2.75) is 39.2 Å². The summed E-state index contributed by atoms with van der Waals surface area (Å²) in [6.45, 7) is 5.53. The van der Waals surface area contributed by atoms with Crippen molar-refractivity contribution in [2.24, 2.45) is 0 Å². The molecule has 2 N–H and O–H groups in total. The molecule has 0 bridgehead atoms. The van der Waals surface area contributed by atoms with Crippen molar-refractivity contribution < 1.29 is 14.7 Å². The first-order chi connectivity index (χ1) is 8.32. The molecule has 0 radical (unpaired) electrons. The van der Waals surface area contributed by atoms with Gasteiger partial charge in [-0.3, -0.25) is 9.59 Å². The summed E-state index contributed by atoms with van der Waals surface area (Å²) in [7, 11) is 0. The number of nitrogens with one attached hydrogen (secondary N) is 1. The Morgan fingerprint density at radius 2 is 1.89 bits per heavy atom. The average molecular weight is 249 g/mol. The number of benzene rings is 1. The molecule has 0 saturated carbocycles. The van der Waals surface area contributed by atoms with Crippen LogP contribution in [-0.4, -0.2) is 22.5 Å². The minimum absolute atomic E-state index is 0.0427. The van der Waals surface area contributed by atoms with E-state index in [2.05, 4.69) is 5.32 Å². The van der Waals surface area contributed by atoms with Gasteiger partial charge >= 0.3 is 5.97 Å². The topological polar surface area (TPSA) is 66.4 Å². The van der Waals surface area contributed by atoms with Gasteiger partial charge in [0.2, 0.25) is 0 Å². The number of aliphatic carboxylic acids is 1. The molecule has 0 saturated heterocycles. The zero-order valence-corrected chi connectivity index (χ0v) is 11.0. The summed E-state index contributed by atoms with van der Waals surface area (Å²) < 4.78 is 0. The van der Waals surface area contributed by atoms with E-state index in [9.17, 15) is 9.59 Å². The van der Waals surface area contributed by atoms with Crippen LogP contribution in [0.25, 0.3) is 0 Å². The number of carboxylic acid groups (broad SMARTS) is 1. The Morgan fingerprint density at radius 3 is 2.44 bits per heavy atom. The molecule has 1 rings (SSSR count). The zero-order chi connectivity index (χ0) is 13.8. The van der Waals surface area contributed by atoms with E-state index in [0.29, 0.717) is 12.0 Å². The first-order valence-corrected chi connectivity index (χ1v) is 5.92. The second-order valence-corrected chi connectivity index (χ2v) is 5.05. The fourth-order valence-electron chi connectivity index (χ4n) is 1.68. The van der Waals surface area contributed by atoms with Crippen LogP contribution in [0.15, 0.2) is 24.3 Å². The highest BCUT2D eigenvalue weighted by atomic mass is 16.4. The molecule has 0 unspecified atom stereocenters. The molecule has 0 aromatic heterocycles. The van der Waals surface area contributed by atoms with Gasteiger partial charge in [0.25, 0.3) is 5.91 Å². The van der Waals surface area contributed by atoms with E-state index in [1.807, 2.05) is 39.0 Å². The van der Waals surface area contributed by atoms with Crippen molar-refractivity contribution in [3.8, 4) is 0 Å². The number of amides is 1. The maximum Gasteiger partial charge on any atom is 0.303 e. The number of hydrogen-bond acceptors (Lipinski definition) is 2. The third-order valence-electron chi connectivity index (χ3n) is 2.81. The normalized spacial score (nSPS) is 11.1. The summed E-state index contributed by atoms with van der Waals surface area (Å²) >= 11 is 0. The van der Waals surface area contributed by atoms with Gasteiger partial charge in [0.15, 0.2) is 0 Å². The van der Waals surface area contributed by atoms with E-state index >= 15 is 0 Å². The molecule has 1 amide bonds. The lowest BCUT2D eigenvalue weighted by Crippen LogP contribution is -2.43. The van der Waals surface area contributed by atoms with Crippen molar-refractivity contribution in [1.29, 1.82) is 0 Å². The molecular weight excluding hydrogens is 230 g/mol. The molecule has 4 heteroatoms. The highest BCUT2D eigenvalue weighted by Gasteiger charge is 2.22. The number of carboxylic acids is 1. The Morgan fingerprint density at radius 1 is 1.28 bits per heavy atom. The van der Waals surface area contributed by atoms with Crippen molar-refractivity contribution >= 4 is 11.9 Å². The second kappa shape index (κ2) is 5.67. The van der Waals surface area contributed by atoms with Crippen LogP contribution in [0.4, 0.5) is 0 Å². The number of rotatable bonds is 5. The van der Waals surface area contributed by atoms with Gasteiger partial charge in [0.1, 0.15) is 0 Å². The quantitative estimate of drug-likeness (QED) is 0.841. The maximum atomic E-state index is 12.1. The molecule has 0 aliphatic rings. The van der Waals surface area contributed by atoms with Crippen molar-refractivity contribution in [3.05, 3.63) is 35.4 Å². The molecule has 0 aliphatic heterocycles. The van der Waals surface area contributed by atoms with Gasteiger partial charge in [-0.1, -0.05) is 18.2 Å². The molecule has 0 atom stereocenters. The largest absolute Gasteiger partial charge is 0.481 e. The molecule has 1 aromatic carbocycles. The van der Waals surface area contributed by atoms with Crippen LogP contribution in [0.3, 0.4) is 0 Å². The van der Waals surface area contributed by atoms with Crippen LogP contribution in [0.2, 0.25) is 0 Å². The van der Waals surface area contributed by atoms with Crippen LogP contribution < -0.4 is 5.32 Å². The highest BCUT2D eigenvalue weighted by Crippen LogP contribution is 2.14. The van der Waals surface area contributed by atoms with Gasteiger partial charge in [-0.05, 0) is 38.8 Å². The number of aryl methyl sites for hydroxylation is 1. The summed E-state index contributed by atoms with van der Waals surface area (Å²) in [5, 5.41) is 11.5. The van der Waals surface area contributed by atoms with E-state index < -0.39 is 11.5 Å². The van der Waals surface area contributed by atoms with Gasteiger partial charge in [0.05, 0.1) is 0 Å². The van der Waals surface area contributed by atoms with E-state index in [-0.39, 0.29) is 12.3 Å². The van der Waals surface area contributed by atoms with E-state index in [0.717, 1.165) is 5.56 Å². The molecule has 1 aromatic rings. The van der Waals surface area contributed by atoms with E-state index in [1.165, 1.54) is 0 Å². The van der Waals surface area contributed by atoms with Crippen LogP contribution in [0, 0.1) is 6.92 Å².